The van der Waals surface area contributed by atoms with Crippen molar-refractivity contribution in [2.24, 2.45) is 0 Å². The molecule has 0 unspecified atom stereocenters. The summed E-state index contributed by atoms with van der Waals surface area (Å²) in [5.41, 5.74) is 0. The summed E-state index contributed by atoms with van der Waals surface area (Å²) < 4.78 is 36.0. The van der Waals surface area contributed by atoms with E-state index in [2.05, 4.69) is 4.98 Å². The average Bonchev–Trinajstić information content (AvgIpc) is 2.41. The second-order valence-corrected chi connectivity index (χ2v) is 6.54. The SMILES string of the molecule is COCCN(CCOC)S(=O)(=O)c1cnc(Cl)c(Cl)c1. The zero-order chi connectivity index (χ0) is 15.2. The average molecular weight is 343 g/mol. The molecule has 114 valence electrons. The molecule has 0 fully saturated rings. The van der Waals surface area contributed by atoms with E-state index in [-0.39, 0.29) is 41.4 Å². The van der Waals surface area contributed by atoms with E-state index in [1.807, 2.05) is 0 Å². The Balaban J connectivity index is 3.03. The maximum Gasteiger partial charge on any atom is 0.244 e. The van der Waals surface area contributed by atoms with Gasteiger partial charge in [0.25, 0.3) is 0 Å². The van der Waals surface area contributed by atoms with Crippen LogP contribution in [0.5, 0.6) is 0 Å². The summed E-state index contributed by atoms with van der Waals surface area (Å²) in [5, 5.41) is 0.150. The largest absolute Gasteiger partial charge is 0.383 e. The summed E-state index contributed by atoms with van der Waals surface area (Å²) in [4.78, 5) is 3.74. The van der Waals surface area contributed by atoms with Crippen molar-refractivity contribution < 1.29 is 17.9 Å². The van der Waals surface area contributed by atoms with Gasteiger partial charge in [-0.3, -0.25) is 0 Å². The maximum atomic E-state index is 12.5. The summed E-state index contributed by atoms with van der Waals surface area (Å²) in [6.45, 7) is 0.972. The van der Waals surface area contributed by atoms with Gasteiger partial charge in [0.15, 0.2) is 0 Å². The van der Waals surface area contributed by atoms with Gasteiger partial charge in [-0.05, 0) is 6.07 Å². The molecule has 1 rings (SSSR count). The fourth-order valence-electron chi connectivity index (χ4n) is 1.43. The molecule has 0 aromatic carbocycles. The fourth-order valence-corrected chi connectivity index (χ4v) is 3.15. The van der Waals surface area contributed by atoms with Gasteiger partial charge in [-0.1, -0.05) is 23.2 Å². The third-order valence-corrected chi connectivity index (χ3v) is 5.05. The summed E-state index contributed by atoms with van der Waals surface area (Å²) in [5.74, 6) is 0. The Kier molecular flexibility index (Phi) is 7.14. The van der Waals surface area contributed by atoms with Gasteiger partial charge in [-0.25, -0.2) is 13.4 Å². The number of methoxy groups -OCH3 is 2. The van der Waals surface area contributed by atoms with Crippen LogP contribution in [0.2, 0.25) is 10.2 Å². The number of nitrogens with zero attached hydrogens (tertiary/aromatic N) is 2. The molecule has 0 bridgehead atoms. The van der Waals surface area contributed by atoms with Gasteiger partial charge < -0.3 is 9.47 Å². The van der Waals surface area contributed by atoms with E-state index >= 15 is 0 Å². The van der Waals surface area contributed by atoms with Crippen LogP contribution in [0, 0.1) is 0 Å². The number of hydrogen-bond acceptors (Lipinski definition) is 5. The van der Waals surface area contributed by atoms with E-state index < -0.39 is 10.0 Å². The molecule has 0 amide bonds. The van der Waals surface area contributed by atoms with E-state index in [9.17, 15) is 8.42 Å². The van der Waals surface area contributed by atoms with E-state index in [0.29, 0.717) is 0 Å². The van der Waals surface area contributed by atoms with E-state index in [1.54, 1.807) is 0 Å². The van der Waals surface area contributed by atoms with E-state index in [4.69, 9.17) is 32.7 Å². The molecule has 0 aliphatic carbocycles. The minimum absolute atomic E-state index is 0.0147. The Labute approximate surface area is 128 Å². The van der Waals surface area contributed by atoms with Crippen LogP contribution in [0.4, 0.5) is 0 Å². The van der Waals surface area contributed by atoms with Crippen molar-refractivity contribution in [3.63, 3.8) is 0 Å². The van der Waals surface area contributed by atoms with E-state index in [0.717, 1.165) is 0 Å². The number of hydrogen-bond donors (Lipinski definition) is 0. The van der Waals surface area contributed by atoms with E-state index in [1.165, 1.54) is 30.8 Å². The van der Waals surface area contributed by atoms with Crippen molar-refractivity contribution in [3.05, 3.63) is 22.4 Å². The van der Waals surface area contributed by atoms with Crippen LogP contribution < -0.4 is 0 Å². The Morgan fingerprint density at radius 3 is 2.20 bits per heavy atom. The highest BCUT2D eigenvalue weighted by molar-refractivity contribution is 7.89. The first-order valence-corrected chi connectivity index (χ1v) is 7.92. The molecular weight excluding hydrogens is 327 g/mol. The summed E-state index contributed by atoms with van der Waals surface area (Å²) in [6.07, 6.45) is 1.18. The second-order valence-electron chi connectivity index (χ2n) is 3.83. The zero-order valence-corrected chi connectivity index (χ0v) is 13.5. The molecular formula is C11H16Cl2N2O4S. The Hall–Kier alpha value is -0.440. The Morgan fingerprint density at radius 1 is 1.20 bits per heavy atom. The molecule has 6 nitrogen and oxygen atoms in total. The van der Waals surface area contributed by atoms with Gasteiger partial charge in [0.1, 0.15) is 10.0 Å². The van der Waals surface area contributed by atoms with Crippen LogP contribution in [0.25, 0.3) is 0 Å². The number of rotatable bonds is 8. The molecule has 0 aliphatic rings. The monoisotopic (exact) mass is 342 g/mol. The van der Waals surface area contributed by atoms with Crippen molar-refractivity contribution in [2.45, 2.75) is 4.90 Å². The summed E-state index contributed by atoms with van der Waals surface area (Å²) in [6, 6.07) is 1.28. The van der Waals surface area contributed by atoms with Crippen LogP contribution in [-0.2, 0) is 19.5 Å². The van der Waals surface area contributed by atoms with Crippen LogP contribution >= 0.6 is 23.2 Å². The van der Waals surface area contributed by atoms with Gasteiger partial charge in [-0.2, -0.15) is 4.31 Å². The molecule has 1 heterocycles. The summed E-state index contributed by atoms with van der Waals surface area (Å²) >= 11 is 11.5. The van der Waals surface area contributed by atoms with Gasteiger partial charge in [-0.15, -0.1) is 0 Å². The minimum atomic E-state index is -3.72. The second kappa shape index (κ2) is 8.11. The molecule has 1 aromatic rings. The highest BCUT2D eigenvalue weighted by Crippen LogP contribution is 2.24. The fraction of sp³-hybridized carbons (Fsp3) is 0.545. The lowest BCUT2D eigenvalue weighted by molar-refractivity contribution is 0.150. The third-order valence-electron chi connectivity index (χ3n) is 2.50. The van der Waals surface area contributed by atoms with Crippen molar-refractivity contribution in [3.8, 4) is 0 Å². The number of ether oxygens (including phenoxy) is 2. The molecule has 0 spiro atoms. The molecule has 0 radical (unpaired) electrons. The molecule has 9 heteroatoms. The first kappa shape index (κ1) is 17.6. The summed E-state index contributed by atoms with van der Waals surface area (Å²) in [7, 11) is -0.713. The quantitative estimate of drug-likeness (QED) is 0.672. The number of aromatic nitrogens is 1. The molecule has 0 saturated heterocycles. The van der Waals surface area contributed by atoms with Crippen molar-refractivity contribution >= 4 is 33.2 Å². The van der Waals surface area contributed by atoms with Crippen LogP contribution in [0.3, 0.4) is 0 Å². The normalized spacial score (nSPS) is 12.1. The standard InChI is InChI=1S/C11H16Cl2N2O4S/c1-18-5-3-15(4-6-19-2)20(16,17)9-7-10(12)11(13)14-8-9/h7-8H,3-6H2,1-2H3. The van der Waals surface area contributed by atoms with Gasteiger partial charge in [0.05, 0.1) is 18.2 Å². The van der Waals surface area contributed by atoms with Crippen molar-refractivity contribution in [1.82, 2.24) is 9.29 Å². The molecule has 0 saturated carbocycles. The third kappa shape index (κ3) is 4.54. The zero-order valence-electron chi connectivity index (χ0n) is 11.2. The highest BCUT2D eigenvalue weighted by atomic mass is 35.5. The molecule has 0 atom stereocenters. The lowest BCUT2D eigenvalue weighted by atomic mass is 10.5. The first-order chi connectivity index (χ1) is 9.43. The number of halogens is 2. The molecule has 0 N–H and O–H groups in total. The lowest BCUT2D eigenvalue weighted by Crippen LogP contribution is -2.36. The van der Waals surface area contributed by atoms with Crippen LogP contribution in [-0.4, -0.2) is 58.2 Å². The topological polar surface area (TPSA) is 68.7 Å². The molecule has 0 aliphatic heterocycles. The highest BCUT2D eigenvalue weighted by Gasteiger charge is 2.25. The van der Waals surface area contributed by atoms with Gasteiger partial charge in [0.2, 0.25) is 10.0 Å². The van der Waals surface area contributed by atoms with Gasteiger partial charge in [0, 0.05) is 33.5 Å². The predicted octanol–water partition coefficient (Wildman–Crippen LogP) is 1.67. The minimum Gasteiger partial charge on any atom is -0.383 e. The van der Waals surface area contributed by atoms with Crippen molar-refractivity contribution in [1.29, 1.82) is 0 Å². The number of sulfonamides is 1. The lowest BCUT2D eigenvalue weighted by Gasteiger charge is -2.21. The molecule has 1 aromatic heterocycles. The van der Waals surface area contributed by atoms with Gasteiger partial charge >= 0.3 is 0 Å². The maximum absolute atomic E-state index is 12.5. The molecule has 20 heavy (non-hydrogen) atoms. The first-order valence-electron chi connectivity index (χ1n) is 5.72. The van der Waals surface area contributed by atoms with Crippen molar-refractivity contribution in [2.75, 3.05) is 40.5 Å². The Morgan fingerprint density at radius 2 is 1.75 bits per heavy atom. The Bertz CT molecular complexity index is 531. The smallest absolute Gasteiger partial charge is 0.244 e. The number of pyridine rings is 1. The predicted molar refractivity (Wildman–Crippen MR) is 76.8 cm³/mol. The van der Waals surface area contributed by atoms with Crippen LogP contribution in [0.1, 0.15) is 0 Å². The van der Waals surface area contributed by atoms with Crippen LogP contribution in [0.15, 0.2) is 17.2 Å².